The summed E-state index contributed by atoms with van der Waals surface area (Å²) in [5.41, 5.74) is 0. The molecule has 1 aliphatic rings. The Bertz CT molecular complexity index is 167. The summed E-state index contributed by atoms with van der Waals surface area (Å²) < 4.78 is 5.13. The molecule has 4 heteroatoms. The van der Waals surface area contributed by atoms with Crippen molar-refractivity contribution in [3.05, 3.63) is 0 Å². The number of rotatable bonds is 4. The Morgan fingerprint density at radius 1 is 1.54 bits per heavy atom. The van der Waals surface area contributed by atoms with E-state index in [1.54, 1.807) is 0 Å². The average Bonchev–Trinajstić information content (AvgIpc) is 2.01. The van der Waals surface area contributed by atoms with Crippen molar-refractivity contribution < 1.29 is 9.53 Å². The molecular weight excluding hydrogens is 168 g/mol. The molecule has 0 heterocycles. The van der Waals surface area contributed by atoms with Crippen LogP contribution in [0.4, 0.5) is 4.79 Å². The van der Waals surface area contributed by atoms with Gasteiger partial charge in [-0.25, -0.2) is 4.79 Å². The first-order valence-corrected chi connectivity index (χ1v) is 4.85. The molecule has 13 heavy (non-hydrogen) atoms. The summed E-state index contributed by atoms with van der Waals surface area (Å²) >= 11 is 0. The Morgan fingerprint density at radius 2 is 2.23 bits per heavy atom. The van der Waals surface area contributed by atoms with Gasteiger partial charge in [0.2, 0.25) is 0 Å². The molecule has 4 nitrogen and oxygen atoms in total. The number of nitrogens with one attached hydrogen (secondary N) is 2. The maximum absolute atomic E-state index is 11.0. The maximum atomic E-state index is 11.0. The van der Waals surface area contributed by atoms with E-state index in [2.05, 4.69) is 10.6 Å². The highest BCUT2D eigenvalue weighted by molar-refractivity contribution is 5.67. The molecule has 1 aliphatic carbocycles. The van der Waals surface area contributed by atoms with E-state index < -0.39 is 0 Å². The minimum absolute atomic E-state index is 0.143. The number of carbonyl (C=O) groups is 1. The molecule has 76 valence electrons. The summed E-state index contributed by atoms with van der Waals surface area (Å²) in [6.07, 6.45) is 1.86. The normalized spacial score (nSPS) is 26.3. The second-order valence-corrected chi connectivity index (χ2v) is 3.45. The molecule has 0 aromatic rings. The van der Waals surface area contributed by atoms with Gasteiger partial charge in [0.05, 0.1) is 0 Å². The Morgan fingerprint density at radius 3 is 2.77 bits per heavy atom. The lowest BCUT2D eigenvalue weighted by atomic mass is 9.82. The molecule has 1 saturated carbocycles. The molecule has 0 unspecified atom stereocenters. The van der Waals surface area contributed by atoms with E-state index in [-0.39, 0.29) is 12.2 Å². The summed E-state index contributed by atoms with van der Waals surface area (Å²) in [4.78, 5) is 11.0. The lowest BCUT2D eigenvalue weighted by molar-refractivity contribution is 0.0185. The fraction of sp³-hybridized carbons (Fsp3) is 0.889. The van der Waals surface area contributed by atoms with Crippen LogP contribution in [0.2, 0.25) is 0 Å². The van der Waals surface area contributed by atoms with E-state index >= 15 is 0 Å². The molecule has 0 spiro atoms. The summed E-state index contributed by atoms with van der Waals surface area (Å²) in [5, 5.41) is 5.73. The number of hydrogen-bond acceptors (Lipinski definition) is 3. The molecule has 0 bridgehead atoms. The van der Waals surface area contributed by atoms with Crippen LogP contribution in [0.1, 0.15) is 19.8 Å². The predicted octanol–water partition coefficient (Wildman–Crippen LogP) is 0.730. The maximum Gasteiger partial charge on any atom is 0.407 e. The second kappa shape index (κ2) is 5.07. The van der Waals surface area contributed by atoms with Crippen LogP contribution in [0.3, 0.4) is 0 Å². The third kappa shape index (κ3) is 3.22. The summed E-state index contributed by atoms with van der Waals surface area (Å²) in [6, 6.07) is 0. The highest BCUT2D eigenvalue weighted by Gasteiger charge is 2.31. The van der Waals surface area contributed by atoms with Gasteiger partial charge in [0.25, 0.3) is 0 Å². The Hall–Kier alpha value is -0.770. The predicted molar refractivity (Wildman–Crippen MR) is 50.6 cm³/mol. The van der Waals surface area contributed by atoms with Crippen LogP contribution in [0.25, 0.3) is 0 Å². The van der Waals surface area contributed by atoms with Crippen LogP contribution in [-0.2, 0) is 4.74 Å². The van der Waals surface area contributed by atoms with Crippen molar-refractivity contribution in [2.75, 3.05) is 20.1 Å². The molecule has 0 atom stereocenters. The standard InChI is InChI=1S/C9H18N2O2/c1-3-11-9(12)13-8-4-7(5-8)6-10-2/h7-8,10H,3-6H2,1-2H3,(H,11,12). The van der Waals surface area contributed by atoms with Gasteiger partial charge in [-0.3, -0.25) is 0 Å². The fourth-order valence-electron chi connectivity index (χ4n) is 1.56. The van der Waals surface area contributed by atoms with Crippen LogP contribution in [0, 0.1) is 5.92 Å². The largest absolute Gasteiger partial charge is 0.446 e. The molecule has 1 amide bonds. The Labute approximate surface area is 79.0 Å². The molecule has 1 fully saturated rings. The number of hydrogen-bond donors (Lipinski definition) is 2. The van der Waals surface area contributed by atoms with E-state index in [0.29, 0.717) is 12.5 Å². The van der Waals surface area contributed by atoms with E-state index in [1.807, 2.05) is 14.0 Å². The highest BCUT2D eigenvalue weighted by Crippen LogP contribution is 2.29. The molecule has 0 aromatic carbocycles. The van der Waals surface area contributed by atoms with Crippen LogP contribution in [0.15, 0.2) is 0 Å². The Kier molecular flexibility index (Phi) is 4.02. The summed E-state index contributed by atoms with van der Waals surface area (Å²) in [6.45, 7) is 3.53. The molecular formula is C9H18N2O2. The minimum atomic E-state index is -0.282. The van der Waals surface area contributed by atoms with Crippen molar-refractivity contribution in [1.29, 1.82) is 0 Å². The quantitative estimate of drug-likeness (QED) is 0.680. The van der Waals surface area contributed by atoms with Gasteiger partial charge >= 0.3 is 6.09 Å². The van der Waals surface area contributed by atoms with Gasteiger partial charge in [-0.1, -0.05) is 0 Å². The molecule has 0 radical (unpaired) electrons. The van der Waals surface area contributed by atoms with E-state index in [1.165, 1.54) is 0 Å². The zero-order chi connectivity index (χ0) is 9.68. The SMILES string of the molecule is CCNC(=O)OC1CC(CNC)C1. The molecule has 1 rings (SSSR count). The number of ether oxygens (including phenoxy) is 1. The van der Waals surface area contributed by atoms with Crippen molar-refractivity contribution in [3.8, 4) is 0 Å². The summed E-state index contributed by atoms with van der Waals surface area (Å²) in [5.74, 6) is 0.685. The van der Waals surface area contributed by atoms with Crippen LogP contribution in [-0.4, -0.2) is 32.3 Å². The van der Waals surface area contributed by atoms with Gasteiger partial charge in [0.1, 0.15) is 6.10 Å². The van der Waals surface area contributed by atoms with Crippen molar-refractivity contribution in [1.82, 2.24) is 10.6 Å². The van der Waals surface area contributed by atoms with Gasteiger partial charge in [-0.05, 0) is 39.3 Å². The molecule has 0 aliphatic heterocycles. The average molecular weight is 186 g/mol. The van der Waals surface area contributed by atoms with Gasteiger partial charge in [-0.2, -0.15) is 0 Å². The number of carbonyl (C=O) groups excluding carboxylic acids is 1. The van der Waals surface area contributed by atoms with Gasteiger partial charge < -0.3 is 15.4 Å². The van der Waals surface area contributed by atoms with E-state index in [0.717, 1.165) is 19.4 Å². The second-order valence-electron chi connectivity index (χ2n) is 3.45. The van der Waals surface area contributed by atoms with Gasteiger partial charge in [0, 0.05) is 6.54 Å². The smallest absolute Gasteiger partial charge is 0.407 e. The van der Waals surface area contributed by atoms with Crippen LogP contribution in [0.5, 0.6) is 0 Å². The van der Waals surface area contributed by atoms with E-state index in [9.17, 15) is 4.79 Å². The van der Waals surface area contributed by atoms with Crippen molar-refractivity contribution in [2.24, 2.45) is 5.92 Å². The Balaban J connectivity index is 2.04. The van der Waals surface area contributed by atoms with Gasteiger partial charge in [-0.15, -0.1) is 0 Å². The topological polar surface area (TPSA) is 50.4 Å². The molecule has 0 aromatic heterocycles. The summed E-state index contributed by atoms with van der Waals surface area (Å²) in [7, 11) is 1.94. The van der Waals surface area contributed by atoms with Crippen molar-refractivity contribution in [2.45, 2.75) is 25.9 Å². The van der Waals surface area contributed by atoms with Crippen LogP contribution >= 0.6 is 0 Å². The van der Waals surface area contributed by atoms with Crippen molar-refractivity contribution >= 4 is 6.09 Å². The zero-order valence-corrected chi connectivity index (χ0v) is 8.30. The first-order valence-electron chi connectivity index (χ1n) is 4.85. The minimum Gasteiger partial charge on any atom is -0.446 e. The fourth-order valence-corrected chi connectivity index (χ4v) is 1.56. The third-order valence-corrected chi connectivity index (χ3v) is 2.28. The third-order valence-electron chi connectivity index (χ3n) is 2.28. The van der Waals surface area contributed by atoms with Crippen molar-refractivity contribution in [3.63, 3.8) is 0 Å². The first-order chi connectivity index (χ1) is 6.26. The van der Waals surface area contributed by atoms with Crippen LogP contribution < -0.4 is 10.6 Å². The number of amides is 1. The monoisotopic (exact) mass is 186 g/mol. The van der Waals surface area contributed by atoms with Gasteiger partial charge in [0.15, 0.2) is 0 Å². The lowest BCUT2D eigenvalue weighted by Gasteiger charge is -2.34. The first kappa shape index (κ1) is 10.3. The van der Waals surface area contributed by atoms with E-state index in [4.69, 9.17) is 4.74 Å². The molecule has 2 N–H and O–H groups in total. The highest BCUT2D eigenvalue weighted by atomic mass is 16.6. The number of alkyl carbamates (subject to hydrolysis) is 1. The zero-order valence-electron chi connectivity index (χ0n) is 8.30. The lowest BCUT2D eigenvalue weighted by Crippen LogP contribution is -2.40. The molecule has 0 saturated heterocycles.